The molecule has 0 aliphatic heterocycles. The Bertz CT molecular complexity index is 394. The largest absolute Gasteiger partial charge is 0.370 e. The van der Waals surface area contributed by atoms with Crippen molar-refractivity contribution >= 4 is 17.7 Å². The average molecular weight is 270 g/mol. The molecule has 0 aliphatic carbocycles. The maximum absolute atomic E-state index is 5.28. The molecule has 1 aromatic rings. The number of thioether (sulfide) groups is 1. The third kappa shape index (κ3) is 4.56. The second-order valence-electron chi connectivity index (χ2n) is 4.52. The molecule has 6 nitrogen and oxygen atoms in total. The fourth-order valence-corrected chi connectivity index (χ4v) is 2.17. The van der Waals surface area contributed by atoms with Crippen LogP contribution in [0.5, 0.6) is 0 Å². The zero-order chi connectivity index (χ0) is 13.5. The Labute approximate surface area is 112 Å². The molecule has 1 heterocycles. The first-order valence-corrected chi connectivity index (χ1v) is 7.28. The maximum Gasteiger partial charge on any atom is 0.190 e. The number of hydrogen-bond acceptors (Lipinski definition) is 4. The summed E-state index contributed by atoms with van der Waals surface area (Å²) in [7, 11) is 0. The highest BCUT2D eigenvalue weighted by molar-refractivity contribution is 7.98. The summed E-state index contributed by atoms with van der Waals surface area (Å²) < 4.78 is 2.19. The minimum Gasteiger partial charge on any atom is -0.370 e. The van der Waals surface area contributed by atoms with Crippen LogP contribution >= 0.6 is 11.8 Å². The molecule has 0 spiro atoms. The molecular formula is C11H22N6S. The van der Waals surface area contributed by atoms with E-state index in [0.29, 0.717) is 12.5 Å². The summed E-state index contributed by atoms with van der Waals surface area (Å²) in [4.78, 5) is 3.97. The fraction of sp³-hybridized carbons (Fsp3) is 0.727. The molecule has 1 rings (SSSR count). The molecule has 0 amide bonds. The van der Waals surface area contributed by atoms with E-state index in [2.05, 4.69) is 33.6 Å². The van der Waals surface area contributed by atoms with Crippen LogP contribution in [0, 0.1) is 5.92 Å². The van der Waals surface area contributed by atoms with Crippen molar-refractivity contribution in [2.24, 2.45) is 22.4 Å². The van der Waals surface area contributed by atoms with E-state index in [1.54, 1.807) is 11.8 Å². The summed E-state index contributed by atoms with van der Waals surface area (Å²) in [6.45, 7) is 5.95. The van der Waals surface area contributed by atoms with Gasteiger partial charge < -0.3 is 16.0 Å². The van der Waals surface area contributed by atoms with Crippen LogP contribution in [0.4, 0.5) is 0 Å². The number of aryl methyl sites for hydroxylation is 1. The Morgan fingerprint density at radius 2 is 2.11 bits per heavy atom. The lowest BCUT2D eigenvalue weighted by atomic mass is 10.2. The number of aromatic nitrogens is 3. The molecule has 0 unspecified atom stereocenters. The fourth-order valence-electron chi connectivity index (χ4n) is 1.65. The standard InChI is InChI=1S/C11H22N6S/c1-8(2)7-17-9(15-16-11(17)18-3)5-4-6-14-10(12)13/h8H,4-7H2,1-3H3,(H4,12,13,14). The normalized spacial score (nSPS) is 10.9. The van der Waals surface area contributed by atoms with Crippen molar-refractivity contribution in [1.82, 2.24) is 14.8 Å². The van der Waals surface area contributed by atoms with Gasteiger partial charge in [0.15, 0.2) is 11.1 Å². The van der Waals surface area contributed by atoms with Crippen molar-refractivity contribution in [3.63, 3.8) is 0 Å². The third-order valence-electron chi connectivity index (χ3n) is 2.38. The van der Waals surface area contributed by atoms with Gasteiger partial charge in [0, 0.05) is 19.5 Å². The second-order valence-corrected chi connectivity index (χ2v) is 5.29. The molecule has 0 radical (unpaired) electrons. The Morgan fingerprint density at radius 3 is 2.67 bits per heavy atom. The Balaban J connectivity index is 2.64. The molecule has 7 heteroatoms. The first-order chi connectivity index (χ1) is 8.54. The minimum atomic E-state index is 0.142. The van der Waals surface area contributed by atoms with Gasteiger partial charge in [0.25, 0.3) is 0 Å². The van der Waals surface area contributed by atoms with E-state index >= 15 is 0 Å². The molecule has 0 aliphatic rings. The van der Waals surface area contributed by atoms with Crippen LogP contribution in [0.1, 0.15) is 26.1 Å². The highest BCUT2D eigenvalue weighted by Crippen LogP contribution is 2.16. The summed E-state index contributed by atoms with van der Waals surface area (Å²) in [6, 6.07) is 0. The van der Waals surface area contributed by atoms with Crippen LogP contribution in [0.15, 0.2) is 10.1 Å². The molecule has 102 valence electrons. The van der Waals surface area contributed by atoms with Crippen molar-refractivity contribution < 1.29 is 0 Å². The summed E-state index contributed by atoms with van der Waals surface area (Å²) in [5.41, 5.74) is 10.6. The molecule has 0 fully saturated rings. The lowest BCUT2D eigenvalue weighted by molar-refractivity contribution is 0.477. The molecule has 1 aromatic heterocycles. The van der Waals surface area contributed by atoms with Crippen molar-refractivity contribution in [3.8, 4) is 0 Å². The SMILES string of the molecule is CSc1nnc(CCCN=C(N)N)n1CC(C)C. The average Bonchev–Trinajstić information content (AvgIpc) is 2.66. The summed E-state index contributed by atoms with van der Waals surface area (Å²) in [5.74, 6) is 1.73. The van der Waals surface area contributed by atoms with Gasteiger partial charge in [-0.15, -0.1) is 10.2 Å². The van der Waals surface area contributed by atoms with Gasteiger partial charge in [-0.05, 0) is 18.6 Å². The van der Waals surface area contributed by atoms with Crippen LogP contribution in [0.25, 0.3) is 0 Å². The van der Waals surface area contributed by atoms with Gasteiger partial charge in [0.2, 0.25) is 0 Å². The van der Waals surface area contributed by atoms with Gasteiger partial charge in [-0.25, -0.2) is 0 Å². The molecule has 0 saturated carbocycles. The molecule has 18 heavy (non-hydrogen) atoms. The monoisotopic (exact) mass is 270 g/mol. The molecule has 4 N–H and O–H groups in total. The lowest BCUT2D eigenvalue weighted by Crippen LogP contribution is -2.23. The highest BCUT2D eigenvalue weighted by Gasteiger charge is 2.11. The van der Waals surface area contributed by atoms with Crippen LogP contribution in [0.2, 0.25) is 0 Å². The summed E-state index contributed by atoms with van der Waals surface area (Å²) in [6.07, 6.45) is 3.74. The smallest absolute Gasteiger partial charge is 0.190 e. The Hall–Kier alpha value is -1.24. The number of rotatable bonds is 7. The van der Waals surface area contributed by atoms with E-state index in [1.807, 2.05) is 6.26 Å². The predicted molar refractivity (Wildman–Crippen MR) is 75.6 cm³/mol. The molecule has 0 atom stereocenters. The third-order valence-corrected chi connectivity index (χ3v) is 3.04. The number of nitrogens with zero attached hydrogens (tertiary/aromatic N) is 4. The van der Waals surface area contributed by atoms with Crippen molar-refractivity contribution in [3.05, 3.63) is 5.82 Å². The van der Waals surface area contributed by atoms with Gasteiger partial charge in [-0.1, -0.05) is 25.6 Å². The predicted octanol–water partition coefficient (Wildman–Crippen LogP) is 0.862. The number of hydrogen-bond donors (Lipinski definition) is 2. The van der Waals surface area contributed by atoms with Crippen LogP contribution < -0.4 is 11.5 Å². The van der Waals surface area contributed by atoms with Crippen LogP contribution in [-0.4, -0.2) is 33.5 Å². The van der Waals surface area contributed by atoms with Crippen molar-refractivity contribution in [2.75, 3.05) is 12.8 Å². The molecule has 0 aromatic carbocycles. The van der Waals surface area contributed by atoms with E-state index in [1.165, 1.54) is 0 Å². The van der Waals surface area contributed by atoms with E-state index in [4.69, 9.17) is 11.5 Å². The zero-order valence-electron chi connectivity index (χ0n) is 11.3. The van der Waals surface area contributed by atoms with E-state index in [9.17, 15) is 0 Å². The van der Waals surface area contributed by atoms with Gasteiger partial charge in [-0.2, -0.15) is 0 Å². The van der Waals surface area contributed by atoms with E-state index in [-0.39, 0.29) is 5.96 Å². The van der Waals surface area contributed by atoms with Gasteiger partial charge in [0.05, 0.1) is 0 Å². The first kappa shape index (κ1) is 14.8. The van der Waals surface area contributed by atoms with Crippen molar-refractivity contribution in [1.29, 1.82) is 0 Å². The highest BCUT2D eigenvalue weighted by atomic mass is 32.2. The van der Waals surface area contributed by atoms with E-state index < -0.39 is 0 Å². The van der Waals surface area contributed by atoms with E-state index in [0.717, 1.165) is 30.4 Å². The lowest BCUT2D eigenvalue weighted by Gasteiger charge is -2.11. The summed E-state index contributed by atoms with van der Waals surface area (Å²) in [5, 5.41) is 9.40. The van der Waals surface area contributed by atoms with Gasteiger partial charge in [0.1, 0.15) is 5.82 Å². The molecule has 0 bridgehead atoms. The van der Waals surface area contributed by atoms with Crippen LogP contribution in [0.3, 0.4) is 0 Å². The van der Waals surface area contributed by atoms with Gasteiger partial charge >= 0.3 is 0 Å². The van der Waals surface area contributed by atoms with Crippen molar-refractivity contribution in [2.45, 2.75) is 38.4 Å². The Kier molecular flexibility index (Phi) is 5.97. The minimum absolute atomic E-state index is 0.142. The number of guanidine groups is 1. The Morgan fingerprint density at radius 1 is 1.39 bits per heavy atom. The second kappa shape index (κ2) is 7.25. The quantitative estimate of drug-likeness (QED) is 0.332. The van der Waals surface area contributed by atoms with Crippen LogP contribution in [-0.2, 0) is 13.0 Å². The first-order valence-electron chi connectivity index (χ1n) is 6.06. The molecular weight excluding hydrogens is 248 g/mol. The topological polar surface area (TPSA) is 95.1 Å². The number of nitrogens with two attached hydrogens (primary N) is 2. The zero-order valence-corrected chi connectivity index (χ0v) is 12.1. The molecule has 0 saturated heterocycles. The number of aliphatic imine (C=N–C) groups is 1. The van der Waals surface area contributed by atoms with Gasteiger partial charge in [-0.3, -0.25) is 4.99 Å². The summed E-state index contributed by atoms with van der Waals surface area (Å²) >= 11 is 1.62. The maximum atomic E-state index is 5.28.